The summed E-state index contributed by atoms with van der Waals surface area (Å²) >= 11 is 0. The van der Waals surface area contributed by atoms with E-state index in [1.807, 2.05) is 26.8 Å². The number of furan rings is 1. The van der Waals surface area contributed by atoms with Gasteiger partial charge in [0, 0.05) is 18.0 Å². The van der Waals surface area contributed by atoms with Crippen molar-refractivity contribution in [2.24, 2.45) is 0 Å². The lowest BCUT2D eigenvalue weighted by atomic mass is 9.93. The molecule has 1 aliphatic rings. The van der Waals surface area contributed by atoms with Crippen LogP contribution < -0.4 is 4.74 Å². The predicted octanol–water partition coefficient (Wildman–Crippen LogP) is 4.82. The molecule has 0 radical (unpaired) electrons. The molecule has 1 atom stereocenters. The maximum atomic E-state index is 13.2. The zero-order valence-corrected chi connectivity index (χ0v) is 18.8. The number of hydrogen-bond acceptors (Lipinski definition) is 6. The van der Waals surface area contributed by atoms with Crippen LogP contribution in [0.25, 0.3) is 5.76 Å². The number of benzene rings is 1. The summed E-state index contributed by atoms with van der Waals surface area (Å²) in [6.07, 6.45) is 4.70. The van der Waals surface area contributed by atoms with Crippen molar-refractivity contribution >= 4 is 17.4 Å². The number of nitrogens with zero attached hydrogens (tertiary/aromatic N) is 2. The van der Waals surface area contributed by atoms with E-state index in [0.29, 0.717) is 23.5 Å². The summed E-state index contributed by atoms with van der Waals surface area (Å²) in [7, 11) is 0. The standard InChI is InChI=1S/C26H26N2O5/c1-4-32-21-8-7-18(14-20(21)16(2)3)24(29)22-23(17-9-11-27-12-10-17)28(26(31)25(22)30)15-19-6-5-13-33-19/h5-14,16,23,29H,4,15H2,1-3H3/b24-22-. The van der Waals surface area contributed by atoms with Crippen LogP contribution in [-0.4, -0.2) is 33.3 Å². The first-order valence-corrected chi connectivity index (χ1v) is 10.9. The molecule has 1 amide bonds. The Morgan fingerprint density at radius 2 is 1.94 bits per heavy atom. The lowest BCUT2D eigenvalue weighted by Crippen LogP contribution is -2.29. The van der Waals surface area contributed by atoms with Crippen molar-refractivity contribution in [1.82, 2.24) is 9.88 Å². The maximum absolute atomic E-state index is 13.2. The Hall–Kier alpha value is -3.87. The van der Waals surface area contributed by atoms with Crippen LogP contribution in [0.5, 0.6) is 5.75 Å². The van der Waals surface area contributed by atoms with Crippen LogP contribution in [0.1, 0.15) is 55.2 Å². The quantitative estimate of drug-likeness (QED) is 0.318. The molecule has 0 bridgehead atoms. The van der Waals surface area contributed by atoms with Crippen molar-refractivity contribution < 1.29 is 23.8 Å². The summed E-state index contributed by atoms with van der Waals surface area (Å²) in [5.74, 6) is -0.239. The average molecular weight is 447 g/mol. The fraction of sp³-hybridized carbons (Fsp3) is 0.269. The molecule has 7 nitrogen and oxygen atoms in total. The number of likely N-dealkylation sites (tertiary alicyclic amines) is 1. The molecule has 2 aromatic heterocycles. The van der Waals surface area contributed by atoms with Crippen LogP contribution >= 0.6 is 0 Å². The molecule has 0 spiro atoms. The highest BCUT2D eigenvalue weighted by Crippen LogP contribution is 2.41. The number of pyridine rings is 1. The molecular weight excluding hydrogens is 420 g/mol. The normalized spacial score (nSPS) is 17.7. The first-order chi connectivity index (χ1) is 15.9. The Morgan fingerprint density at radius 1 is 1.18 bits per heavy atom. The summed E-state index contributed by atoms with van der Waals surface area (Å²) in [6.45, 7) is 6.59. The minimum absolute atomic E-state index is 0.0385. The lowest BCUT2D eigenvalue weighted by molar-refractivity contribution is -0.140. The van der Waals surface area contributed by atoms with Gasteiger partial charge in [0.2, 0.25) is 0 Å². The second kappa shape index (κ2) is 9.32. The van der Waals surface area contributed by atoms with E-state index >= 15 is 0 Å². The number of rotatable bonds is 7. The van der Waals surface area contributed by atoms with E-state index in [9.17, 15) is 14.7 Å². The molecule has 3 heterocycles. The number of ether oxygens (including phenoxy) is 1. The van der Waals surface area contributed by atoms with Crippen LogP contribution in [0.2, 0.25) is 0 Å². The van der Waals surface area contributed by atoms with Crippen molar-refractivity contribution in [2.75, 3.05) is 6.61 Å². The fourth-order valence-corrected chi connectivity index (χ4v) is 4.10. The van der Waals surface area contributed by atoms with Crippen LogP contribution in [0.15, 0.2) is 71.1 Å². The van der Waals surface area contributed by atoms with Gasteiger partial charge in [-0.3, -0.25) is 14.6 Å². The smallest absolute Gasteiger partial charge is 0.296 e. The van der Waals surface area contributed by atoms with Crippen molar-refractivity contribution in [2.45, 2.75) is 39.3 Å². The molecule has 1 saturated heterocycles. The van der Waals surface area contributed by atoms with E-state index in [-0.39, 0.29) is 23.8 Å². The van der Waals surface area contributed by atoms with Gasteiger partial charge in [0.1, 0.15) is 17.3 Å². The molecule has 1 aromatic carbocycles. The van der Waals surface area contributed by atoms with E-state index < -0.39 is 17.7 Å². The number of aromatic nitrogens is 1. The van der Waals surface area contributed by atoms with Crippen LogP contribution in [-0.2, 0) is 16.1 Å². The van der Waals surface area contributed by atoms with Gasteiger partial charge in [-0.25, -0.2) is 0 Å². The van der Waals surface area contributed by atoms with Crippen LogP contribution in [0, 0.1) is 0 Å². The Labute approximate surface area is 192 Å². The van der Waals surface area contributed by atoms with E-state index in [0.717, 1.165) is 11.3 Å². The highest BCUT2D eigenvalue weighted by atomic mass is 16.5. The molecule has 1 aliphatic heterocycles. The molecule has 33 heavy (non-hydrogen) atoms. The minimum Gasteiger partial charge on any atom is -0.507 e. The van der Waals surface area contributed by atoms with Crippen LogP contribution in [0.4, 0.5) is 0 Å². The number of carbonyl (C=O) groups is 2. The lowest BCUT2D eigenvalue weighted by Gasteiger charge is -2.24. The van der Waals surface area contributed by atoms with Gasteiger partial charge >= 0.3 is 0 Å². The Morgan fingerprint density at radius 3 is 2.58 bits per heavy atom. The third kappa shape index (κ3) is 4.26. The third-order valence-corrected chi connectivity index (χ3v) is 5.67. The Bertz CT molecular complexity index is 1180. The van der Waals surface area contributed by atoms with Crippen LogP contribution in [0.3, 0.4) is 0 Å². The van der Waals surface area contributed by atoms with Gasteiger partial charge < -0.3 is 19.2 Å². The molecule has 0 aliphatic carbocycles. The van der Waals surface area contributed by atoms with Crippen molar-refractivity contribution in [1.29, 1.82) is 0 Å². The Kier molecular flexibility index (Phi) is 6.31. The van der Waals surface area contributed by atoms with Gasteiger partial charge in [0.05, 0.1) is 31.0 Å². The monoisotopic (exact) mass is 446 g/mol. The van der Waals surface area contributed by atoms with E-state index in [1.54, 1.807) is 48.8 Å². The molecule has 170 valence electrons. The topological polar surface area (TPSA) is 92.9 Å². The highest BCUT2D eigenvalue weighted by molar-refractivity contribution is 6.46. The Balaban J connectivity index is 1.85. The number of aliphatic hydroxyl groups is 1. The fourth-order valence-electron chi connectivity index (χ4n) is 4.10. The molecule has 7 heteroatoms. The predicted molar refractivity (Wildman–Crippen MR) is 122 cm³/mol. The number of ketones is 1. The summed E-state index contributed by atoms with van der Waals surface area (Å²) < 4.78 is 11.1. The molecule has 3 aromatic rings. The number of Topliss-reactive ketones (excluding diaryl/α,β-unsaturated/α-hetero) is 1. The molecule has 0 saturated carbocycles. The molecular formula is C26H26N2O5. The summed E-state index contributed by atoms with van der Waals surface area (Å²) in [5, 5.41) is 11.3. The third-order valence-electron chi connectivity index (χ3n) is 5.67. The summed E-state index contributed by atoms with van der Waals surface area (Å²) in [5.41, 5.74) is 2.08. The van der Waals surface area contributed by atoms with Gasteiger partial charge in [-0.05, 0) is 66.4 Å². The van der Waals surface area contributed by atoms with Crippen molar-refractivity contribution in [3.8, 4) is 5.75 Å². The summed E-state index contributed by atoms with van der Waals surface area (Å²) in [4.78, 5) is 31.6. The molecule has 1 unspecified atom stereocenters. The molecule has 1 N–H and O–H groups in total. The molecule has 4 rings (SSSR count). The van der Waals surface area contributed by atoms with E-state index in [1.165, 1.54) is 11.2 Å². The summed E-state index contributed by atoms with van der Waals surface area (Å²) in [6, 6.07) is 11.5. The van der Waals surface area contributed by atoms with Gasteiger partial charge in [-0.15, -0.1) is 0 Å². The second-order valence-corrected chi connectivity index (χ2v) is 8.13. The van der Waals surface area contributed by atoms with Crippen molar-refractivity contribution in [3.05, 3.63) is 89.1 Å². The number of amides is 1. The van der Waals surface area contributed by atoms with E-state index in [2.05, 4.69) is 4.98 Å². The van der Waals surface area contributed by atoms with Gasteiger partial charge in [-0.2, -0.15) is 0 Å². The zero-order valence-electron chi connectivity index (χ0n) is 18.8. The first-order valence-electron chi connectivity index (χ1n) is 10.9. The SMILES string of the molecule is CCOc1ccc(/C(O)=C2/C(=O)C(=O)N(Cc3ccco3)C2c2ccncc2)cc1C(C)C. The minimum atomic E-state index is -0.771. The number of carbonyl (C=O) groups excluding carboxylic acids is 2. The highest BCUT2D eigenvalue weighted by Gasteiger charge is 2.46. The number of hydrogen-bond donors (Lipinski definition) is 1. The zero-order chi connectivity index (χ0) is 23.5. The van der Waals surface area contributed by atoms with Crippen molar-refractivity contribution in [3.63, 3.8) is 0 Å². The van der Waals surface area contributed by atoms with Gasteiger partial charge in [0.15, 0.2) is 0 Å². The largest absolute Gasteiger partial charge is 0.507 e. The first kappa shape index (κ1) is 22.3. The van der Waals surface area contributed by atoms with Gasteiger partial charge in [0.25, 0.3) is 11.7 Å². The number of aliphatic hydroxyl groups excluding tert-OH is 1. The molecule has 1 fully saturated rings. The average Bonchev–Trinajstić information content (AvgIpc) is 3.42. The second-order valence-electron chi connectivity index (χ2n) is 8.13. The van der Waals surface area contributed by atoms with Gasteiger partial charge in [-0.1, -0.05) is 13.8 Å². The van der Waals surface area contributed by atoms with E-state index in [4.69, 9.17) is 9.15 Å². The maximum Gasteiger partial charge on any atom is 0.296 e.